The van der Waals surface area contributed by atoms with Gasteiger partial charge in [-0.25, -0.2) is 8.78 Å². The zero-order valence-corrected chi connectivity index (χ0v) is 5.03. The molecule has 1 fully saturated rings. The van der Waals surface area contributed by atoms with Crippen molar-refractivity contribution in [2.24, 2.45) is 5.73 Å². The summed E-state index contributed by atoms with van der Waals surface area (Å²) in [5.41, 5.74) is 5.27. The molecule has 1 atom stereocenters. The molecule has 0 unspecified atom stereocenters. The highest BCUT2D eigenvalue weighted by atomic mass is 19.3. The third-order valence-electron chi connectivity index (χ3n) is 1.35. The van der Waals surface area contributed by atoms with Crippen molar-refractivity contribution in [3.63, 3.8) is 0 Å². The van der Waals surface area contributed by atoms with Crippen LogP contribution in [0.4, 0.5) is 8.78 Å². The van der Waals surface area contributed by atoms with Crippen LogP contribution < -0.4 is 11.1 Å². The molecule has 9 heavy (non-hydrogen) atoms. The quantitative estimate of drug-likeness (QED) is 0.489. The average Bonchev–Trinajstić information content (AvgIpc) is 1.60. The van der Waals surface area contributed by atoms with Gasteiger partial charge >= 0.3 is 0 Å². The van der Waals surface area contributed by atoms with Gasteiger partial charge in [0.05, 0.1) is 6.54 Å². The van der Waals surface area contributed by atoms with Gasteiger partial charge in [0.1, 0.15) is 0 Å². The normalized spacial score (nSPS) is 34.3. The molecule has 0 aromatic carbocycles. The van der Waals surface area contributed by atoms with Gasteiger partial charge in [-0.15, -0.1) is 0 Å². The molecule has 0 aromatic rings. The van der Waals surface area contributed by atoms with Crippen LogP contribution in [0.1, 0.15) is 6.42 Å². The Kier molecular flexibility index (Phi) is 1.68. The van der Waals surface area contributed by atoms with Gasteiger partial charge in [-0.1, -0.05) is 0 Å². The summed E-state index contributed by atoms with van der Waals surface area (Å²) in [7, 11) is 0. The third-order valence-corrected chi connectivity index (χ3v) is 1.35. The van der Waals surface area contributed by atoms with Crippen LogP contribution in [0.25, 0.3) is 0 Å². The second kappa shape index (κ2) is 2.19. The van der Waals surface area contributed by atoms with Crippen LogP contribution in [0.15, 0.2) is 0 Å². The smallest absolute Gasteiger partial charge is 0.261 e. The molecule has 2 nitrogen and oxygen atoms in total. The molecule has 1 aliphatic rings. The van der Waals surface area contributed by atoms with Gasteiger partial charge in [0, 0.05) is 19.0 Å². The van der Waals surface area contributed by atoms with Crippen LogP contribution in [0.2, 0.25) is 0 Å². The van der Waals surface area contributed by atoms with Crippen molar-refractivity contribution in [2.45, 2.75) is 18.4 Å². The number of rotatable bonds is 0. The van der Waals surface area contributed by atoms with E-state index in [-0.39, 0.29) is 19.0 Å². The minimum atomic E-state index is -2.59. The van der Waals surface area contributed by atoms with Crippen LogP contribution in [0, 0.1) is 0 Å². The first-order chi connectivity index (χ1) is 4.10. The highest BCUT2D eigenvalue weighted by molar-refractivity contribution is 4.83. The molecule has 4 heteroatoms. The molecule has 0 aliphatic carbocycles. The largest absolute Gasteiger partial charge is 0.326 e. The lowest BCUT2D eigenvalue weighted by Crippen LogP contribution is -2.49. The molecule has 1 aliphatic heterocycles. The Morgan fingerprint density at radius 1 is 1.56 bits per heavy atom. The van der Waals surface area contributed by atoms with E-state index in [1.807, 2.05) is 0 Å². The monoisotopic (exact) mass is 136 g/mol. The lowest BCUT2D eigenvalue weighted by molar-refractivity contribution is -0.0266. The molecule has 0 amide bonds. The summed E-state index contributed by atoms with van der Waals surface area (Å²) in [6, 6.07) is -0.381. The van der Waals surface area contributed by atoms with Crippen molar-refractivity contribution in [2.75, 3.05) is 13.1 Å². The van der Waals surface area contributed by atoms with Crippen LogP contribution in [-0.4, -0.2) is 25.1 Å². The Morgan fingerprint density at radius 2 is 2.22 bits per heavy atom. The highest BCUT2D eigenvalue weighted by Crippen LogP contribution is 2.20. The molecule has 54 valence electrons. The van der Waals surface area contributed by atoms with Crippen molar-refractivity contribution in [1.29, 1.82) is 0 Å². The summed E-state index contributed by atoms with van der Waals surface area (Å²) in [5.74, 6) is -2.59. The van der Waals surface area contributed by atoms with E-state index in [1.54, 1.807) is 0 Å². The molecule has 0 aromatic heterocycles. The van der Waals surface area contributed by atoms with Crippen LogP contribution in [0.3, 0.4) is 0 Å². The van der Waals surface area contributed by atoms with Crippen LogP contribution in [-0.2, 0) is 0 Å². The molecule has 1 rings (SSSR count). The van der Waals surface area contributed by atoms with E-state index in [0.717, 1.165) is 0 Å². The Labute approximate surface area is 52.4 Å². The van der Waals surface area contributed by atoms with E-state index in [9.17, 15) is 8.78 Å². The third kappa shape index (κ3) is 1.87. The maximum absolute atomic E-state index is 12.3. The topological polar surface area (TPSA) is 38.0 Å². The van der Waals surface area contributed by atoms with Crippen LogP contribution >= 0.6 is 0 Å². The number of hydrogen-bond donors (Lipinski definition) is 2. The minimum Gasteiger partial charge on any atom is -0.326 e. The fraction of sp³-hybridized carbons (Fsp3) is 1.00. The first-order valence-corrected chi connectivity index (χ1v) is 2.94. The number of nitrogens with one attached hydrogen (secondary N) is 1. The standard InChI is InChI=1S/C5H10F2N2/c6-5(7)1-4(8)2-9-3-5/h4,9H,1-3,8H2/t4-/m0/s1. The van der Waals surface area contributed by atoms with Crippen molar-refractivity contribution in [3.05, 3.63) is 0 Å². The van der Waals surface area contributed by atoms with E-state index < -0.39 is 5.92 Å². The predicted molar refractivity (Wildman–Crippen MR) is 30.4 cm³/mol. The second-order valence-corrected chi connectivity index (χ2v) is 2.45. The molecular weight excluding hydrogens is 126 g/mol. The molecule has 1 saturated heterocycles. The first-order valence-electron chi connectivity index (χ1n) is 2.94. The van der Waals surface area contributed by atoms with E-state index in [1.165, 1.54) is 0 Å². The number of nitrogens with two attached hydrogens (primary N) is 1. The Morgan fingerprint density at radius 3 is 2.56 bits per heavy atom. The number of piperidine rings is 1. The highest BCUT2D eigenvalue weighted by Gasteiger charge is 2.34. The van der Waals surface area contributed by atoms with Crippen molar-refractivity contribution in [3.8, 4) is 0 Å². The summed E-state index contributed by atoms with van der Waals surface area (Å²) < 4.78 is 24.6. The van der Waals surface area contributed by atoms with Gasteiger partial charge in [-0.2, -0.15) is 0 Å². The fourth-order valence-electron chi connectivity index (χ4n) is 0.968. The molecular formula is C5H10F2N2. The van der Waals surface area contributed by atoms with Gasteiger partial charge in [-0.05, 0) is 0 Å². The maximum Gasteiger partial charge on any atom is 0.261 e. The van der Waals surface area contributed by atoms with E-state index in [4.69, 9.17) is 5.73 Å². The Balaban J connectivity index is 2.41. The predicted octanol–water partition coefficient (Wildman–Crippen LogP) is -0.0577. The van der Waals surface area contributed by atoms with Crippen molar-refractivity contribution >= 4 is 0 Å². The lowest BCUT2D eigenvalue weighted by atomic mass is 10.1. The summed E-state index contributed by atoms with van der Waals surface area (Å²) >= 11 is 0. The molecule has 0 spiro atoms. The van der Waals surface area contributed by atoms with Gasteiger partial charge in [0.25, 0.3) is 5.92 Å². The zero-order valence-electron chi connectivity index (χ0n) is 5.03. The summed E-state index contributed by atoms with van der Waals surface area (Å²) in [4.78, 5) is 0. The van der Waals surface area contributed by atoms with Crippen molar-refractivity contribution in [1.82, 2.24) is 5.32 Å². The van der Waals surface area contributed by atoms with Gasteiger partial charge < -0.3 is 11.1 Å². The lowest BCUT2D eigenvalue weighted by Gasteiger charge is -2.26. The maximum atomic E-state index is 12.3. The van der Waals surface area contributed by atoms with Gasteiger partial charge in [-0.3, -0.25) is 0 Å². The zero-order chi connectivity index (χ0) is 6.91. The van der Waals surface area contributed by atoms with Crippen LogP contribution in [0.5, 0.6) is 0 Å². The van der Waals surface area contributed by atoms with Gasteiger partial charge in [0.2, 0.25) is 0 Å². The fourth-order valence-corrected chi connectivity index (χ4v) is 0.968. The SMILES string of the molecule is N[C@@H]1CNCC(F)(F)C1. The van der Waals surface area contributed by atoms with E-state index in [2.05, 4.69) is 5.32 Å². The number of halogens is 2. The van der Waals surface area contributed by atoms with Gasteiger partial charge in [0.15, 0.2) is 0 Å². The minimum absolute atomic E-state index is 0.181. The molecule has 0 bridgehead atoms. The summed E-state index contributed by atoms with van der Waals surface area (Å²) in [5, 5.41) is 2.55. The first kappa shape index (κ1) is 6.89. The second-order valence-electron chi connectivity index (χ2n) is 2.45. The molecule has 0 saturated carbocycles. The Bertz CT molecular complexity index is 105. The molecule has 0 radical (unpaired) electrons. The summed E-state index contributed by atoms with van der Waals surface area (Å²) in [6.07, 6.45) is -0.181. The molecule has 1 heterocycles. The number of hydrogen-bond acceptors (Lipinski definition) is 2. The van der Waals surface area contributed by atoms with E-state index >= 15 is 0 Å². The molecule has 3 N–H and O–H groups in total. The van der Waals surface area contributed by atoms with E-state index in [0.29, 0.717) is 6.54 Å². The van der Waals surface area contributed by atoms with Crippen molar-refractivity contribution < 1.29 is 8.78 Å². The number of alkyl halides is 2. The Hall–Kier alpha value is -0.220. The summed E-state index contributed by atoms with van der Waals surface area (Å²) in [6.45, 7) is 0.288. The average molecular weight is 136 g/mol.